The monoisotopic (exact) mass is 354 g/mol. The lowest BCUT2D eigenvalue weighted by Gasteiger charge is -2.16. The molecule has 0 spiro atoms. The number of nitrogens with one attached hydrogen (secondary N) is 2. The highest BCUT2D eigenvalue weighted by molar-refractivity contribution is 6.30. The molecule has 0 bridgehead atoms. The van der Waals surface area contributed by atoms with E-state index >= 15 is 0 Å². The zero-order valence-corrected chi connectivity index (χ0v) is 15.9. The van der Waals surface area contributed by atoms with Gasteiger partial charge in [-0.1, -0.05) is 23.7 Å². The number of guanidine groups is 1. The number of rotatable bonds is 11. The van der Waals surface area contributed by atoms with Crippen molar-refractivity contribution in [2.45, 2.75) is 19.8 Å². The number of hydrogen-bond donors (Lipinski definition) is 2. The molecule has 1 aromatic carbocycles. The molecule has 0 atom stereocenters. The number of benzene rings is 1. The number of likely N-dealkylation sites (N-methyl/N-ethyl adjacent to an activating group) is 1. The Morgan fingerprint density at radius 2 is 2.12 bits per heavy atom. The van der Waals surface area contributed by atoms with Gasteiger partial charge in [0.1, 0.15) is 0 Å². The Labute approximate surface area is 151 Å². The number of hydrogen-bond acceptors (Lipinski definition) is 3. The Kier molecular flexibility index (Phi) is 11.3. The highest BCUT2D eigenvalue weighted by Crippen LogP contribution is 2.10. The molecule has 136 valence electrons. The molecule has 0 aliphatic rings. The highest BCUT2D eigenvalue weighted by atomic mass is 35.5. The van der Waals surface area contributed by atoms with Crippen molar-refractivity contribution in [3.63, 3.8) is 0 Å². The molecule has 6 heteroatoms. The van der Waals surface area contributed by atoms with E-state index in [0.29, 0.717) is 0 Å². The summed E-state index contributed by atoms with van der Waals surface area (Å²) in [5, 5.41) is 7.43. The molecule has 1 aromatic rings. The fraction of sp³-hybridized carbons (Fsp3) is 0.611. The summed E-state index contributed by atoms with van der Waals surface area (Å²) in [6, 6.07) is 7.97. The molecule has 0 aliphatic heterocycles. The molecule has 0 saturated heterocycles. The smallest absolute Gasteiger partial charge is 0.191 e. The molecular formula is C18H31ClN4O. The quantitative estimate of drug-likeness (QED) is 0.364. The van der Waals surface area contributed by atoms with Gasteiger partial charge in [-0.25, -0.2) is 0 Å². The van der Waals surface area contributed by atoms with Crippen LogP contribution in [-0.4, -0.2) is 64.3 Å². The zero-order valence-electron chi connectivity index (χ0n) is 15.1. The standard InChI is InChI=1S/C18H31ClN4O/c1-4-20-18(22-11-13-23(2)12-6-14-24-3)21-10-9-16-7-5-8-17(19)15-16/h5,7-8,15H,4,6,9-14H2,1-3H3,(H2,20,21,22). The topological polar surface area (TPSA) is 48.9 Å². The maximum atomic E-state index is 6.01. The number of methoxy groups -OCH3 is 1. The Morgan fingerprint density at radius 3 is 2.83 bits per heavy atom. The molecule has 0 radical (unpaired) electrons. The van der Waals surface area contributed by atoms with E-state index in [0.717, 1.165) is 63.2 Å². The molecule has 2 N–H and O–H groups in total. The summed E-state index contributed by atoms with van der Waals surface area (Å²) in [5.74, 6) is 0.866. The van der Waals surface area contributed by atoms with Gasteiger partial charge in [-0.15, -0.1) is 0 Å². The van der Waals surface area contributed by atoms with Gasteiger partial charge in [-0.2, -0.15) is 0 Å². The SMILES string of the molecule is CCNC(=NCCN(C)CCCOC)NCCc1cccc(Cl)c1. The number of aliphatic imine (C=N–C) groups is 1. The molecule has 5 nitrogen and oxygen atoms in total. The molecule has 0 aliphatic carbocycles. The molecule has 1 rings (SSSR count). The fourth-order valence-corrected chi connectivity index (χ4v) is 2.50. The third-order valence-electron chi connectivity index (χ3n) is 3.58. The van der Waals surface area contributed by atoms with Gasteiger partial charge in [0.2, 0.25) is 0 Å². The summed E-state index contributed by atoms with van der Waals surface area (Å²) in [6.07, 6.45) is 1.97. The summed E-state index contributed by atoms with van der Waals surface area (Å²) in [5.41, 5.74) is 1.23. The first-order chi connectivity index (χ1) is 11.7. The fourth-order valence-electron chi connectivity index (χ4n) is 2.28. The van der Waals surface area contributed by atoms with Crippen LogP contribution in [0.1, 0.15) is 18.9 Å². The van der Waals surface area contributed by atoms with E-state index in [4.69, 9.17) is 16.3 Å². The number of halogens is 1. The predicted octanol–water partition coefficient (Wildman–Crippen LogP) is 2.41. The molecule has 0 saturated carbocycles. The number of nitrogens with zero attached hydrogens (tertiary/aromatic N) is 2. The van der Waals surface area contributed by atoms with E-state index in [1.165, 1.54) is 5.56 Å². The second-order valence-corrected chi connectivity index (χ2v) is 6.15. The minimum atomic E-state index is 0.774. The van der Waals surface area contributed by atoms with Crippen molar-refractivity contribution < 1.29 is 4.74 Å². The molecule has 0 heterocycles. The lowest BCUT2D eigenvalue weighted by atomic mass is 10.1. The van der Waals surface area contributed by atoms with Crippen LogP contribution in [0.5, 0.6) is 0 Å². The van der Waals surface area contributed by atoms with Crippen molar-refractivity contribution in [3.8, 4) is 0 Å². The maximum absolute atomic E-state index is 6.01. The first-order valence-corrected chi connectivity index (χ1v) is 8.97. The molecule has 0 fully saturated rings. The van der Waals surface area contributed by atoms with Crippen LogP contribution < -0.4 is 10.6 Å². The van der Waals surface area contributed by atoms with Crippen LogP contribution in [0.4, 0.5) is 0 Å². The van der Waals surface area contributed by atoms with Crippen LogP contribution in [-0.2, 0) is 11.2 Å². The third-order valence-corrected chi connectivity index (χ3v) is 3.81. The second kappa shape index (κ2) is 13.0. The molecule has 24 heavy (non-hydrogen) atoms. The van der Waals surface area contributed by atoms with Crippen LogP contribution >= 0.6 is 11.6 Å². The van der Waals surface area contributed by atoms with Gasteiger partial charge < -0.3 is 20.3 Å². The van der Waals surface area contributed by atoms with Gasteiger partial charge in [0, 0.05) is 44.9 Å². The van der Waals surface area contributed by atoms with Crippen molar-refractivity contribution in [3.05, 3.63) is 34.9 Å². The summed E-state index contributed by atoms with van der Waals surface area (Å²) in [7, 11) is 3.85. The van der Waals surface area contributed by atoms with Gasteiger partial charge in [0.25, 0.3) is 0 Å². The summed E-state index contributed by atoms with van der Waals surface area (Å²) in [4.78, 5) is 6.90. The van der Waals surface area contributed by atoms with E-state index in [-0.39, 0.29) is 0 Å². The lowest BCUT2D eigenvalue weighted by molar-refractivity contribution is 0.180. The van der Waals surface area contributed by atoms with Gasteiger partial charge >= 0.3 is 0 Å². The minimum Gasteiger partial charge on any atom is -0.385 e. The zero-order chi connectivity index (χ0) is 17.6. The second-order valence-electron chi connectivity index (χ2n) is 5.72. The molecule has 0 unspecified atom stereocenters. The van der Waals surface area contributed by atoms with Gasteiger partial charge in [-0.3, -0.25) is 4.99 Å². The average molecular weight is 355 g/mol. The Bertz CT molecular complexity index is 482. The maximum Gasteiger partial charge on any atom is 0.191 e. The molecule has 0 aromatic heterocycles. The number of ether oxygens (including phenoxy) is 1. The first kappa shape index (κ1) is 20.7. The predicted molar refractivity (Wildman–Crippen MR) is 103 cm³/mol. The van der Waals surface area contributed by atoms with Crippen LogP contribution in [0.15, 0.2) is 29.3 Å². The van der Waals surface area contributed by atoms with Crippen molar-refractivity contribution >= 4 is 17.6 Å². The Morgan fingerprint density at radius 1 is 1.29 bits per heavy atom. The largest absolute Gasteiger partial charge is 0.385 e. The van der Waals surface area contributed by atoms with Crippen molar-refractivity contribution in [1.29, 1.82) is 0 Å². The van der Waals surface area contributed by atoms with Crippen LogP contribution in [0, 0.1) is 0 Å². The van der Waals surface area contributed by atoms with E-state index < -0.39 is 0 Å². The molecular weight excluding hydrogens is 324 g/mol. The van der Waals surface area contributed by atoms with Crippen LogP contribution in [0.3, 0.4) is 0 Å². The van der Waals surface area contributed by atoms with E-state index in [9.17, 15) is 0 Å². The van der Waals surface area contributed by atoms with Crippen molar-refractivity contribution in [2.75, 3.05) is 53.5 Å². The van der Waals surface area contributed by atoms with E-state index in [2.05, 4.69) is 40.6 Å². The minimum absolute atomic E-state index is 0.774. The van der Waals surface area contributed by atoms with Crippen molar-refractivity contribution in [1.82, 2.24) is 15.5 Å². The first-order valence-electron chi connectivity index (χ1n) is 8.59. The summed E-state index contributed by atoms with van der Waals surface area (Å²) < 4.78 is 5.07. The van der Waals surface area contributed by atoms with Crippen LogP contribution in [0.25, 0.3) is 0 Å². The van der Waals surface area contributed by atoms with Crippen LogP contribution in [0.2, 0.25) is 5.02 Å². The van der Waals surface area contributed by atoms with Crippen molar-refractivity contribution in [2.24, 2.45) is 4.99 Å². The van der Waals surface area contributed by atoms with Gasteiger partial charge in [-0.05, 0) is 44.5 Å². The molecule has 0 amide bonds. The van der Waals surface area contributed by atoms with E-state index in [1.54, 1.807) is 7.11 Å². The normalized spacial score (nSPS) is 11.8. The third kappa shape index (κ3) is 9.75. The summed E-state index contributed by atoms with van der Waals surface area (Å²) in [6.45, 7) is 7.31. The van der Waals surface area contributed by atoms with E-state index in [1.807, 2.05) is 18.2 Å². The van der Waals surface area contributed by atoms with Gasteiger partial charge in [0.15, 0.2) is 5.96 Å². The highest BCUT2D eigenvalue weighted by Gasteiger charge is 2.00. The Hall–Kier alpha value is -1.30. The summed E-state index contributed by atoms with van der Waals surface area (Å²) >= 11 is 6.01. The average Bonchev–Trinajstić information content (AvgIpc) is 2.55. The Balaban J connectivity index is 2.31. The lowest BCUT2D eigenvalue weighted by Crippen LogP contribution is -2.39. The van der Waals surface area contributed by atoms with Gasteiger partial charge in [0.05, 0.1) is 6.54 Å².